The summed E-state index contributed by atoms with van der Waals surface area (Å²) in [5.74, 6) is 0.517. The average molecular weight is 266 g/mol. The van der Waals surface area contributed by atoms with Crippen molar-refractivity contribution in [1.29, 1.82) is 0 Å². The quantitative estimate of drug-likeness (QED) is 0.867. The lowest BCUT2D eigenvalue weighted by Crippen LogP contribution is -2.20. The third kappa shape index (κ3) is 3.10. The van der Waals surface area contributed by atoms with Crippen molar-refractivity contribution in [1.82, 2.24) is 0 Å². The number of benzene rings is 2. The van der Waals surface area contributed by atoms with Crippen LogP contribution in [0.3, 0.4) is 0 Å². The Kier molecular flexibility index (Phi) is 4.17. The van der Waals surface area contributed by atoms with Crippen LogP contribution in [0.25, 0.3) is 11.1 Å². The molecule has 3 rings (SSSR count). The van der Waals surface area contributed by atoms with Gasteiger partial charge in [-0.2, -0.15) is 0 Å². The summed E-state index contributed by atoms with van der Waals surface area (Å²) in [5.41, 5.74) is 3.73. The van der Waals surface area contributed by atoms with E-state index in [1.807, 2.05) is 6.07 Å². The highest BCUT2D eigenvalue weighted by atomic mass is 16.3. The maximum atomic E-state index is 10.3. The molecule has 1 heteroatoms. The van der Waals surface area contributed by atoms with Crippen LogP contribution in [0, 0.1) is 5.92 Å². The van der Waals surface area contributed by atoms with E-state index >= 15 is 0 Å². The molecule has 1 aliphatic carbocycles. The molecule has 0 radical (unpaired) electrons. The predicted octanol–water partition coefficient (Wildman–Crippen LogP) is 4.45. The van der Waals surface area contributed by atoms with E-state index in [0.717, 1.165) is 6.42 Å². The zero-order valence-electron chi connectivity index (χ0n) is 11.8. The summed E-state index contributed by atoms with van der Waals surface area (Å²) in [6.45, 7) is 0. The van der Waals surface area contributed by atoms with Gasteiger partial charge in [0.2, 0.25) is 0 Å². The zero-order valence-corrected chi connectivity index (χ0v) is 11.8. The van der Waals surface area contributed by atoms with Crippen LogP contribution in [0.2, 0.25) is 0 Å². The highest BCUT2D eigenvalue weighted by Crippen LogP contribution is 2.29. The molecular weight excluding hydrogens is 244 g/mol. The van der Waals surface area contributed by atoms with Crippen LogP contribution in [0.1, 0.15) is 31.2 Å². The minimum Gasteiger partial charge on any atom is -0.392 e. The first kappa shape index (κ1) is 13.4. The molecule has 2 aromatic rings. The van der Waals surface area contributed by atoms with Gasteiger partial charge in [0.05, 0.1) is 6.10 Å². The molecule has 1 saturated carbocycles. The van der Waals surface area contributed by atoms with Gasteiger partial charge in [0.25, 0.3) is 0 Å². The summed E-state index contributed by atoms with van der Waals surface area (Å²) in [6.07, 6.45) is 5.59. The zero-order chi connectivity index (χ0) is 13.8. The standard InChI is InChI=1S/C19H22O/c20-19(18-8-4-5-9-18)14-15-10-12-17(13-11-15)16-6-2-1-3-7-16/h1-3,6-7,10-13,18-20H,4-5,8-9,14H2/t19-/m1/s1. The number of hydrogen-bond acceptors (Lipinski definition) is 1. The fourth-order valence-corrected chi connectivity index (χ4v) is 3.21. The topological polar surface area (TPSA) is 20.2 Å². The van der Waals surface area contributed by atoms with Crippen LogP contribution in [-0.2, 0) is 6.42 Å². The van der Waals surface area contributed by atoms with E-state index in [-0.39, 0.29) is 6.10 Å². The maximum Gasteiger partial charge on any atom is 0.0608 e. The first-order chi connectivity index (χ1) is 9.83. The number of aliphatic hydroxyl groups excluding tert-OH is 1. The molecule has 1 N–H and O–H groups in total. The maximum absolute atomic E-state index is 10.3. The summed E-state index contributed by atoms with van der Waals surface area (Å²) >= 11 is 0. The van der Waals surface area contributed by atoms with Gasteiger partial charge in [-0.15, -0.1) is 0 Å². The minimum absolute atomic E-state index is 0.167. The van der Waals surface area contributed by atoms with E-state index < -0.39 is 0 Å². The molecule has 0 bridgehead atoms. The van der Waals surface area contributed by atoms with Gasteiger partial charge in [-0.3, -0.25) is 0 Å². The Morgan fingerprint density at radius 2 is 1.45 bits per heavy atom. The fourth-order valence-electron chi connectivity index (χ4n) is 3.21. The Morgan fingerprint density at radius 3 is 2.10 bits per heavy atom. The van der Waals surface area contributed by atoms with Crippen molar-refractivity contribution in [2.24, 2.45) is 5.92 Å². The van der Waals surface area contributed by atoms with Gasteiger partial charge < -0.3 is 5.11 Å². The summed E-state index contributed by atoms with van der Waals surface area (Å²) < 4.78 is 0. The smallest absolute Gasteiger partial charge is 0.0608 e. The van der Waals surface area contributed by atoms with E-state index in [2.05, 4.69) is 48.5 Å². The molecule has 1 nitrogen and oxygen atoms in total. The van der Waals surface area contributed by atoms with E-state index in [1.54, 1.807) is 0 Å². The number of aliphatic hydroxyl groups is 1. The van der Waals surface area contributed by atoms with Crippen molar-refractivity contribution >= 4 is 0 Å². The van der Waals surface area contributed by atoms with Crippen molar-refractivity contribution < 1.29 is 5.11 Å². The third-order valence-electron chi connectivity index (χ3n) is 4.45. The largest absolute Gasteiger partial charge is 0.392 e. The van der Waals surface area contributed by atoms with E-state index in [4.69, 9.17) is 0 Å². The summed E-state index contributed by atoms with van der Waals surface area (Å²) in [7, 11) is 0. The molecule has 2 aromatic carbocycles. The second kappa shape index (κ2) is 6.23. The first-order valence-electron chi connectivity index (χ1n) is 7.65. The van der Waals surface area contributed by atoms with Gasteiger partial charge in [0.15, 0.2) is 0 Å². The van der Waals surface area contributed by atoms with E-state index in [1.165, 1.54) is 42.4 Å². The minimum atomic E-state index is -0.167. The molecule has 0 amide bonds. The lowest BCUT2D eigenvalue weighted by atomic mass is 9.94. The van der Waals surface area contributed by atoms with Gasteiger partial charge in [0, 0.05) is 0 Å². The first-order valence-corrected chi connectivity index (χ1v) is 7.65. The lowest BCUT2D eigenvalue weighted by Gasteiger charge is -2.17. The summed E-state index contributed by atoms with van der Waals surface area (Å²) in [4.78, 5) is 0. The molecule has 20 heavy (non-hydrogen) atoms. The van der Waals surface area contributed by atoms with E-state index in [0.29, 0.717) is 5.92 Å². The lowest BCUT2D eigenvalue weighted by molar-refractivity contribution is 0.111. The van der Waals surface area contributed by atoms with Gasteiger partial charge >= 0.3 is 0 Å². The SMILES string of the molecule is O[C@H](Cc1ccc(-c2ccccc2)cc1)C1CCCC1. The number of hydrogen-bond donors (Lipinski definition) is 1. The molecule has 1 fully saturated rings. The van der Waals surface area contributed by atoms with Gasteiger partial charge in [-0.05, 0) is 41.9 Å². The Bertz CT molecular complexity index is 523. The van der Waals surface area contributed by atoms with Crippen LogP contribution in [0.15, 0.2) is 54.6 Å². The average Bonchev–Trinajstić information content (AvgIpc) is 3.03. The Labute approximate surface area is 121 Å². The Hall–Kier alpha value is -1.60. The Morgan fingerprint density at radius 1 is 0.850 bits per heavy atom. The normalized spacial score (nSPS) is 17.2. The van der Waals surface area contributed by atoms with Crippen LogP contribution >= 0.6 is 0 Å². The van der Waals surface area contributed by atoms with Crippen LogP contribution in [-0.4, -0.2) is 11.2 Å². The van der Waals surface area contributed by atoms with Crippen molar-refractivity contribution in [2.45, 2.75) is 38.2 Å². The molecule has 0 spiro atoms. The Balaban J connectivity index is 1.67. The molecule has 0 aromatic heterocycles. The number of rotatable bonds is 4. The second-order valence-corrected chi connectivity index (χ2v) is 5.88. The van der Waals surface area contributed by atoms with Gasteiger partial charge in [-0.25, -0.2) is 0 Å². The van der Waals surface area contributed by atoms with Gasteiger partial charge in [0.1, 0.15) is 0 Å². The van der Waals surface area contributed by atoms with E-state index in [9.17, 15) is 5.11 Å². The molecule has 0 aliphatic heterocycles. The molecule has 0 heterocycles. The predicted molar refractivity (Wildman–Crippen MR) is 83.5 cm³/mol. The molecule has 0 saturated heterocycles. The summed E-state index contributed by atoms with van der Waals surface area (Å²) in [5, 5.41) is 10.3. The van der Waals surface area contributed by atoms with Gasteiger partial charge in [-0.1, -0.05) is 67.4 Å². The third-order valence-corrected chi connectivity index (χ3v) is 4.45. The highest BCUT2D eigenvalue weighted by molar-refractivity contribution is 5.63. The molecule has 1 aliphatic rings. The molecular formula is C19H22O. The molecule has 104 valence electrons. The molecule has 1 atom stereocenters. The van der Waals surface area contributed by atoms with Crippen molar-refractivity contribution in [3.8, 4) is 11.1 Å². The van der Waals surface area contributed by atoms with Crippen molar-refractivity contribution in [3.63, 3.8) is 0 Å². The van der Waals surface area contributed by atoms with Crippen molar-refractivity contribution in [3.05, 3.63) is 60.2 Å². The molecule has 0 unspecified atom stereocenters. The van der Waals surface area contributed by atoms with Crippen molar-refractivity contribution in [2.75, 3.05) is 0 Å². The fraction of sp³-hybridized carbons (Fsp3) is 0.368. The monoisotopic (exact) mass is 266 g/mol. The second-order valence-electron chi connectivity index (χ2n) is 5.88. The van der Waals surface area contributed by atoms with Crippen LogP contribution in [0.4, 0.5) is 0 Å². The van der Waals surface area contributed by atoms with Crippen LogP contribution in [0.5, 0.6) is 0 Å². The summed E-state index contributed by atoms with van der Waals surface area (Å²) in [6, 6.07) is 19.0. The highest BCUT2D eigenvalue weighted by Gasteiger charge is 2.23. The van der Waals surface area contributed by atoms with Crippen LogP contribution < -0.4 is 0 Å².